The van der Waals surface area contributed by atoms with Crippen LogP contribution in [0.5, 0.6) is 11.5 Å². The van der Waals surface area contributed by atoms with Crippen LogP contribution in [0.2, 0.25) is 0 Å². The van der Waals surface area contributed by atoms with Gasteiger partial charge < -0.3 is 14.8 Å². The number of methoxy groups -OCH3 is 2. The van der Waals surface area contributed by atoms with E-state index in [0.29, 0.717) is 12.3 Å². The second-order valence-electron chi connectivity index (χ2n) is 5.82. The average Bonchev–Trinajstić information content (AvgIpc) is 2.94. The van der Waals surface area contributed by atoms with Crippen LogP contribution in [0.25, 0.3) is 5.69 Å². The fourth-order valence-electron chi connectivity index (χ4n) is 2.89. The van der Waals surface area contributed by atoms with Crippen LogP contribution < -0.4 is 14.8 Å². The van der Waals surface area contributed by atoms with E-state index in [0.717, 1.165) is 28.5 Å². The minimum Gasteiger partial charge on any atom is -0.493 e. The van der Waals surface area contributed by atoms with Gasteiger partial charge in [0.1, 0.15) is 0 Å². The Kier molecular flexibility index (Phi) is 4.93. The Morgan fingerprint density at radius 1 is 0.960 bits per heavy atom. The molecule has 5 heteroatoms. The lowest BCUT2D eigenvalue weighted by atomic mass is 10.2. The summed E-state index contributed by atoms with van der Waals surface area (Å²) < 4.78 is 12.6. The van der Waals surface area contributed by atoms with Crippen molar-refractivity contribution in [1.82, 2.24) is 9.78 Å². The molecule has 0 bridgehead atoms. The van der Waals surface area contributed by atoms with Crippen LogP contribution in [0.4, 0.5) is 5.69 Å². The number of benzene rings is 2. The van der Waals surface area contributed by atoms with Crippen molar-refractivity contribution in [1.29, 1.82) is 0 Å². The third kappa shape index (κ3) is 3.45. The zero-order valence-corrected chi connectivity index (χ0v) is 15.0. The first-order valence-electron chi connectivity index (χ1n) is 8.20. The predicted molar refractivity (Wildman–Crippen MR) is 99.9 cm³/mol. The Labute approximate surface area is 148 Å². The monoisotopic (exact) mass is 337 g/mol. The summed E-state index contributed by atoms with van der Waals surface area (Å²) in [6, 6.07) is 16.0. The number of aromatic nitrogens is 2. The Bertz CT molecular complexity index is 857. The van der Waals surface area contributed by atoms with Crippen molar-refractivity contribution in [2.75, 3.05) is 19.5 Å². The maximum Gasteiger partial charge on any atom is 0.162 e. The first-order chi connectivity index (χ1) is 12.1. The summed E-state index contributed by atoms with van der Waals surface area (Å²) in [5.41, 5.74) is 5.40. The van der Waals surface area contributed by atoms with Crippen LogP contribution in [0, 0.1) is 13.8 Å². The average molecular weight is 337 g/mol. The zero-order valence-electron chi connectivity index (χ0n) is 15.0. The Hall–Kier alpha value is -2.95. The lowest BCUT2D eigenvalue weighted by molar-refractivity contribution is 0.355. The smallest absolute Gasteiger partial charge is 0.162 e. The highest BCUT2D eigenvalue weighted by Gasteiger charge is 2.13. The highest BCUT2D eigenvalue weighted by molar-refractivity contribution is 5.55. The number of nitrogens with zero attached hydrogens (tertiary/aromatic N) is 2. The van der Waals surface area contributed by atoms with Gasteiger partial charge in [0.15, 0.2) is 11.5 Å². The van der Waals surface area contributed by atoms with Crippen molar-refractivity contribution in [2.45, 2.75) is 20.4 Å². The Balaban J connectivity index is 1.81. The van der Waals surface area contributed by atoms with Gasteiger partial charge in [-0.2, -0.15) is 5.10 Å². The van der Waals surface area contributed by atoms with Crippen molar-refractivity contribution < 1.29 is 9.47 Å². The summed E-state index contributed by atoms with van der Waals surface area (Å²) in [7, 11) is 3.27. The Morgan fingerprint density at radius 2 is 1.68 bits per heavy atom. The van der Waals surface area contributed by atoms with Gasteiger partial charge in [-0.1, -0.05) is 18.2 Å². The number of rotatable bonds is 6. The summed E-state index contributed by atoms with van der Waals surface area (Å²) in [5.74, 6) is 1.43. The molecule has 2 aromatic carbocycles. The molecule has 1 N–H and O–H groups in total. The molecule has 0 saturated carbocycles. The molecule has 0 spiro atoms. The van der Waals surface area contributed by atoms with E-state index in [2.05, 4.69) is 29.5 Å². The molecular weight excluding hydrogens is 314 g/mol. The number of para-hydroxylation sites is 1. The third-order valence-electron chi connectivity index (χ3n) is 4.29. The second-order valence-corrected chi connectivity index (χ2v) is 5.82. The van der Waals surface area contributed by atoms with E-state index in [-0.39, 0.29) is 0 Å². The van der Waals surface area contributed by atoms with E-state index >= 15 is 0 Å². The highest BCUT2D eigenvalue weighted by Crippen LogP contribution is 2.30. The quantitative estimate of drug-likeness (QED) is 0.735. The molecule has 25 heavy (non-hydrogen) atoms. The van der Waals surface area contributed by atoms with Gasteiger partial charge in [0.05, 0.1) is 25.6 Å². The van der Waals surface area contributed by atoms with Crippen molar-refractivity contribution in [3.8, 4) is 17.2 Å². The van der Waals surface area contributed by atoms with E-state index in [1.165, 1.54) is 5.56 Å². The Morgan fingerprint density at radius 3 is 2.36 bits per heavy atom. The lowest BCUT2D eigenvalue weighted by Gasteiger charge is -2.11. The minimum atomic E-state index is 0.694. The van der Waals surface area contributed by atoms with E-state index in [4.69, 9.17) is 9.47 Å². The van der Waals surface area contributed by atoms with Crippen LogP contribution in [0.1, 0.15) is 17.0 Å². The van der Waals surface area contributed by atoms with Gasteiger partial charge in [-0.25, -0.2) is 4.68 Å². The van der Waals surface area contributed by atoms with Crippen molar-refractivity contribution >= 4 is 5.69 Å². The molecule has 5 nitrogen and oxygen atoms in total. The van der Waals surface area contributed by atoms with E-state index in [1.54, 1.807) is 14.2 Å². The zero-order chi connectivity index (χ0) is 17.8. The number of hydrogen-bond acceptors (Lipinski definition) is 4. The lowest BCUT2D eigenvalue weighted by Crippen LogP contribution is -2.03. The summed E-state index contributed by atoms with van der Waals surface area (Å²) in [6.07, 6.45) is 0. The number of nitrogens with one attached hydrogen (secondary N) is 1. The van der Waals surface area contributed by atoms with Gasteiger partial charge in [-0.3, -0.25) is 0 Å². The maximum atomic E-state index is 5.36. The van der Waals surface area contributed by atoms with Crippen molar-refractivity contribution in [3.63, 3.8) is 0 Å². The minimum absolute atomic E-state index is 0.694. The van der Waals surface area contributed by atoms with Gasteiger partial charge in [-0.05, 0) is 38.1 Å². The molecular formula is C20H23N3O2. The van der Waals surface area contributed by atoms with Crippen molar-refractivity contribution in [2.24, 2.45) is 0 Å². The molecule has 0 saturated heterocycles. The molecule has 0 aliphatic carbocycles. The van der Waals surface area contributed by atoms with Gasteiger partial charge >= 0.3 is 0 Å². The molecule has 0 radical (unpaired) electrons. The molecule has 0 amide bonds. The topological polar surface area (TPSA) is 48.3 Å². The molecule has 0 unspecified atom stereocenters. The highest BCUT2D eigenvalue weighted by atomic mass is 16.5. The molecule has 0 atom stereocenters. The molecule has 130 valence electrons. The van der Waals surface area contributed by atoms with Gasteiger partial charge in [-0.15, -0.1) is 0 Å². The van der Waals surface area contributed by atoms with Crippen LogP contribution >= 0.6 is 0 Å². The molecule has 0 aliphatic rings. The SMILES string of the molecule is COc1ccc(NCc2c(C)nn(-c3ccccc3)c2C)cc1OC. The summed E-state index contributed by atoms with van der Waals surface area (Å²) in [6.45, 7) is 4.83. The predicted octanol–water partition coefficient (Wildman–Crippen LogP) is 4.12. The summed E-state index contributed by atoms with van der Waals surface area (Å²) in [5, 5.41) is 8.13. The van der Waals surface area contributed by atoms with Crippen LogP contribution in [-0.2, 0) is 6.54 Å². The summed E-state index contributed by atoms with van der Waals surface area (Å²) >= 11 is 0. The van der Waals surface area contributed by atoms with Gasteiger partial charge in [0.25, 0.3) is 0 Å². The first-order valence-corrected chi connectivity index (χ1v) is 8.20. The largest absolute Gasteiger partial charge is 0.493 e. The van der Waals surface area contributed by atoms with E-state index in [1.807, 2.05) is 48.0 Å². The van der Waals surface area contributed by atoms with E-state index in [9.17, 15) is 0 Å². The fraction of sp³-hybridized carbons (Fsp3) is 0.250. The normalized spacial score (nSPS) is 10.6. The number of hydrogen-bond donors (Lipinski definition) is 1. The maximum absolute atomic E-state index is 5.36. The molecule has 1 heterocycles. The van der Waals surface area contributed by atoms with Crippen LogP contribution in [0.15, 0.2) is 48.5 Å². The molecule has 0 aliphatic heterocycles. The summed E-state index contributed by atoms with van der Waals surface area (Å²) in [4.78, 5) is 0. The number of anilines is 1. The molecule has 0 fully saturated rings. The molecule has 1 aromatic heterocycles. The van der Waals surface area contributed by atoms with Gasteiger partial charge in [0, 0.05) is 29.6 Å². The van der Waals surface area contributed by atoms with Crippen LogP contribution in [0.3, 0.4) is 0 Å². The number of ether oxygens (including phenoxy) is 2. The number of aryl methyl sites for hydroxylation is 1. The third-order valence-corrected chi connectivity index (χ3v) is 4.29. The van der Waals surface area contributed by atoms with E-state index < -0.39 is 0 Å². The van der Waals surface area contributed by atoms with Gasteiger partial charge in [0.2, 0.25) is 0 Å². The fourth-order valence-corrected chi connectivity index (χ4v) is 2.89. The second kappa shape index (κ2) is 7.30. The molecule has 3 aromatic rings. The van der Waals surface area contributed by atoms with Crippen LogP contribution in [-0.4, -0.2) is 24.0 Å². The standard InChI is InChI=1S/C20H23N3O2/c1-14-18(15(2)23(22-14)17-8-6-5-7-9-17)13-21-16-10-11-19(24-3)20(12-16)25-4/h5-12,21H,13H2,1-4H3. The van der Waals surface area contributed by atoms with Crippen molar-refractivity contribution in [3.05, 3.63) is 65.5 Å². The molecule has 3 rings (SSSR count). The first kappa shape index (κ1) is 16.9.